The molecule has 31 heavy (non-hydrogen) atoms. The van der Waals surface area contributed by atoms with Crippen LogP contribution in [0.2, 0.25) is 29.2 Å². The average molecular weight is 455 g/mol. The van der Waals surface area contributed by atoms with Crippen LogP contribution in [0.3, 0.4) is 0 Å². The van der Waals surface area contributed by atoms with Crippen molar-refractivity contribution < 1.29 is 9.16 Å². The molecule has 0 radical (unpaired) electrons. The molecule has 0 unspecified atom stereocenters. The van der Waals surface area contributed by atoms with Gasteiger partial charge in [0.1, 0.15) is 8.07 Å². The fourth-order valence-electron chi connectivity index (χ4n) is 4.67. The Labute approximate surface area is 192 Å². The van der Waals surface area contributed by atoms with E-state index in [0.717, 1.165) is 19.1 Å². The third kappa shape index (κ3) is 5.08. The fourth-order valence-corrected chi connectivity index (χ4v) is 11.3. The van der Waals surface area contributed by atoms with Crippen molar-refractivity contribution in [2.75, 3.05) is 6.61 Å². The predicted molar refractivity (Wildman–Crippen MR) is 139 cm³/mol. The molecule has 0 spiro atoms. The lowest BCUT2D eigenvalue weighted by molar-refractivity contribution is -0.130. The minimum Gasteiger partial charge on any atom is -0.414 e. The van der Waals surface area contributed by atoms with Crippen LogP contribution in [0.4, 0.5) is 0 Å². The van der Waals surface area contributed by atoms with Gasteiger partial charge in [0.15, 0.2) is 8.32 Å². The largest absolute Gasteiger partial charge is 0.414 e. The standard InChI is InChI=1S/C27H42O2Si2/c1-26(2,3)30(7,8)28-20-22-19-23(29-22)21-31(27(4,5)6,24-15-11-9-12-16-24)25-17-13-10-14-18-25/h9-18,22-23H,19-21H2,1-8H3/t22-,23+/m0/s1. The Bertz CT molecular complexity index is 790. The van der Waals surface area contributed by atoms with E-state index in [1.54, 1.807) is 0 Å². The first-order valence-electron chi connectivity index (χ1n) is 11.8. The summed E-state index contributed by atoms with van der Waals surface area (Å²) in [6.07, 6.45) is 1.68. The van der Waals surface area contributed by atoms with Crippen molar-refractivity contribution in [3.63, 3.8) is 0 Å². The summed E-state index contributed by atoms with van der Waals surface area (Å²) >= 11 is 0. The molecule has 0 amide bonds. The van der Waals surface area contributed by atoms with E-state index in [4.69, 9.17) is 9.16 Å². The Morgan fingerprint density at radius 2 is 1.23 bits per heavy atom. The van der Waals surface area contributed by atoms with Crippen molar-refractivity contribution in [1.82, 2.24) is 0 Å². The van der Waals surface area contributed by atoms with Crippen molar-refractivity contribution in [2.24, 2.45) is 0 Å². The highest BCUT2D eigenvalue weighted by Gasteiger charge is 2.51. The first-order valence-corrected chi connectivity index (χ1v) is 16.9. The van der Waals surface area contributed by atoms with Gasteiger partial charge in [-0.05, 0) is 29.2 Å². The molecule has 3 rings (SSSR count). The molecule has 1 fully saturated rings. The van der Waals surface area contributed by atoms with Crippen LogP contribution in [0.5, 0.6) is 0 Å². The summed E-state index contributed by atoms with van der Waals surface area (Å²) in [5.41, 5.74) is 0. The van der Waals surface area contributed by atoms with Gasteiger partial charge in [0, 0.05) is 6.42 Å². The average Bonchev–Trinajstić information content (AvgIpc) is 2.66. The highest BCUT2D eigenvalue weighted by atomic mass is 28.4. The van der Waals surface area contributed by atoms with E-state index in [1.807, 2.05) is 0 Å². The van der Waals surface area contributed by atoms with Crippen LogP contribution in [0.15, 0.2) is 60.7 Å². The molecular formula is C27H42O2Si2. The molecule has 2 atom stereocenters. The zero-order valence-corrected chi connectivity index (χ0v) is 22.9. The molecule has 1 saturated heterocycles. The van der Waals surface area contributed by atoms with E-state index in [-0.39, 0.29) is 16.2 Å². The molecule has 4 heteroatoms. The predicted octanol–water partition coefficient (Wildman–Crippen LogP) is 6.23. The van der Waals surface area contributed by atoms with E-state index in [9.17, 15) is 0 Å². The first-order chi connectivity index (χ1) is 14.4. The molecule has 2 nitrogen and oxygen atoms in total. The van der Waals surface area contributed by atoms with Crippen LogP contribution < -0.4 is 10.4 Å². The number of benzene rings is 2. The molecule has 1 aliphatic rings. The van der Waals surface area contributed by atoms with Gasteiger partial charge in [-0.3, -0.25) is 0 Å². The molecule has 170 valence electrons. The third-order valence-electron chi connectivity index (χ3n) is 7.69. The minimum absolute atomic E-state index is 0.182. The second kappa shape index (κ2) is 8.97. The zero-order chi connectivity index (χ0) is 22.9. The highest BCUT2D eigenvalue weighted by molar-refractivity contribution is 7.04. The Morgan fingerprint density at radius 1 is 0.774 bits per heavy atom. The summed E-state index contributed by atoms with van der Waals surface area (Å²) in [4.78, 5) is 0. The lowest BCUT2D eigenvalue weighted by Crippen LogP contribution is -2.66. The van der Waals surface area contributed by atoms with Gasteiger partial charge >= 0.3 is 0 Å². The van der Waals surface area contributed by atoms with Gasteiger partial charge in [-0.25, -0.2) is 0 Å². The van der Waals surface area contributed by atoms with Crippen molar-refractivity contribution in [2.45, 2.75) is 89.4 Å². The number of hydrogen-bond acceptors (Lipinski definition) is 2. The Hall–Kier alpha value is -1.21. The van der Waals surface area contributed by atoms with Gasteiger partial charge in [0.25, 0.3) is 0 Å². The lowest BCUT2D eigenvalue weighted by Gasteiger charge is -2.49. The van der Waals surface area contributed by atoms with Crippen LogP contribution >= 0.6 is 0 Å². The molecule has 2 aromatic carbocycles. The maximum absolute atomic E-state index is 6.47. The maximum Gasteiger partial charge on any atom is 0.192 e. The SMILES string of the molecule is CC(C)(C)[Si](C)(C)OC[C@@H]1C[C@H](C[Si](c2ccccc2)(c2ccccc2)C(C)(C)C)O1. The van der Waals surface area contributed by atoms with Gasteiger partial charge in [0.05, 0.1) is 18.8 Å². The Morgan fingerprint density at radius 3 is 1.61 bits per heavy atom. The van der Waals surface area contributed by atoms with Crippen molar-refractivity contribution in [3.05, 3.63) is 60.7 Å². The van der Waals surface area contributed by atoms with Crippen molar-refractivity contribution in [1.29, 1.82) is 0 Å². The van der Waals surface area contributed by atoms with E-state index < -0.39 is 16.4 Å². The number of hydrogen-bond donors (Lipinski definition) is 0. The van der Waals surface area contributed by atoms with Crippen LogP contribution in [0.25, 0.3) is 0 Å². The Balaban J connectivity index is 1.79. The number of rotatable bonds is 7. The first kappa shape index (κ1) is 24.4. The van der Waals surface area contributed by atoms with Gasteiger partial charge in [-0.2, -0.15) is 0 Å². The van der Waals surface area contributed by atoms with Crippen LogP contribution in [-0.2, 0) is 9.16 Å². The summed E-state index contributed by atoms with van der Waals surface area (Å²) in [7, 11) is -3.78. The van der Waals surface area contributed by atoms with Gasteiger partial charge in [-0.15, -0.1) is 0 Å². The van der Waals surface area contributed by atoms with Crippen LogP contribution in [0.1, 0.15) is 48.0 Å². The molecule has 0 N–H and O–H groups in total. The van der Waals surface area contributed by atoms with Gasteiger partial charge in [0.2, 0.25) is 0 Å². The molecule has 2 aromatic rings. The smallest absolute Gasteiger partial charge is 0.192 e. The van der Waals surface area contributed by atoms with E-state index >= 15 is 0 Å². The van der Waals surface area contributed by atoms with Gasteiger partial charge in [-0.1, -0.05) is 113 Å². The molecular weight excluding hydrogens is 412 g/mol. The van der Waals surface area contributed by atoms with E-state index in [1.165, 1.54) is 10.4 Å². The molecule has 1 heterocycles. The lowest BCUT2D eigenvalue weighted by atomic mass is 10.1. The molecule has 0 aliphatic carbocycles. The van der Waals surface area contributed by atoms with E-state index in [2.05, 4.69) is 115 Å². The van der Waals surface area contributed by atoms with E-state index in [0.29, 0.717) is 6.10 Å². The molecule has 0 bridgehead atoms. The zero-order valence-electron chi connectivity index (χ0n) is 20.9. The minimum atomic E-state index is -2.06. The maximum atomic E-state index is 6.47. The van der Waals surface area contributed by atoms with Gasteiger partial charge < -0.3 is 9.16 Å². The Kier molecular flexibility index (Phi) is 7.07. The molecule has 1 aliphatic heterocycles. The normalized spacial score (nSPS) is 20.4. The quantitative estimate of drug-likeness (QED) is 0.462. The third-order valence-corrected chi connectivity index (χ3v) is 18.5. The molecule has 0 saturated carbocycles. The summed E-state index contributed by atoms with van der Waals surface area (Å²) in [5.74, 6) is 0. The second-order valence-electron chi connectivity index (χ2n) is 11.8. The summed E-state index contributed by atoms with van der Waals surface area (Å²) in [6.45, 7) is 19.6. The van der Waals surface area contributed by atoms with Crippen molar-refractivity contribution >= 4 is 26.8 Å². The summed E-state index contributed by atoms with van der Waals surface area (Å²) in [5, 5.41) is 3.45. The summed E-state index contributed by atoms with van der Waals surface area (Å²) < 4.78 is 12.9. The van der Waals surface area contributed by atoms with Crippen LogP contribution in [-0.4, -0.2) is 35.2 Å². The molecule has 0 aromatic heterocycles. The van der Waals surface area contributed by atoms with Crippen molar-refractivity contribution in [3.8, 4) is 0 Å². The topological polar surface area (TPSA) is 18.5 Å². The highest BCUT2D eigenvalue weighted by Crippen LogP contribution is 2.43. The summed E-state index contributed by atoms with van der Waals surface area (Å²) in [6, 6.07) is 23.6. The second-order valence-corrected chi connectivity index (χ2v) is 21.5. The van der Waals surface area contributed by atoms with Crippen LogP contribution in [0, 0.1) is 0 Å². The monoisotopic (exact) mass is 454 g/mol. The number of ether oxygens (including phenoxy) is 1. The fraction of sp³-hybridized carbons (Fsp3) is 0.556.